The number of rotatable bonds is 7. The minimum Gasteiger partial charge on any atom is -0.494 e. The van der Waals surface area contributed by atoms with Gasteiger partial charge >= 0.3 is 12.0 Å². The molecule has 0 aliphatic rings. The van der Waals surface area contributed by atoms with E-state index in [1.807, 2.05) is 0 Å². The molecule has 0 radical (unpaired) electrons. The first-order chi connectivity index (χ1) is 7.15. The largest absolute Gasteiger partial charge is 0.494 e. The number of amides is 1. The summed E-state index contributed by atoms with van der Waals surface area (Å²) < 4.78 is 14.6. The molecule has 0 aliphatic carbocycles. The van der Waals surface area contributed by atoms with Gasteiger partial charge in [0.25, 0.3) is 0 Å². The SMILES string of the molecule is CCCCCC(OC)=C(OC)OC(N)=O. The molecule has 0 spiro atoms. The monoisotopic (exact) mass is 217 g/mol. The summed E-state index contributed by atoms with van der Waals surface area (Å²) in [6, 6.07) is 0. The van der Waals surface area contributed by atoms with Crippen molar-refractivity contribution in [3.63, 3.8) is 0 Å². The van der Waals surface area contributed by atoms with E-state index in [0.29, 0.717) is 12.2 Å². The zero-order chi connectivity index (χ0) is 11.7. The van der Waals surface area contributed by atoms with Crippen molar-refractivity contribution in [1.82, 2.24) is 0 Å². The van der Waals surface area contributed by atoms with Gasteiger partial charge in [0.1, 0.15) is 0 Å². The van der Waals surface area contributed by atoms with Crippen LogP contribution in [0.4, 0.5) is 4.79 Å². The Morgan fingerprint density at radius 3 is 2.27 bits per heavy atom. The van der Waals surface area contributed by atoms with E-state index in [1.165, 1.54) is 14.2 Å². The highest BCUT2D eigenvalue weighted by atomic mass is 16.7. The molecular formula is C10H19NO4. The maximum absolute atomic E-state index is 10.5. The van der Waals surface area contributed by atoms with Gasteiger partial charge in [-0.2, -0.15) is 0 Å². The van der Waals surface area contributed by atoms with Crippen molar-refractivity contribution >= 4 is 6.09 Å². The molecule has 5 heteroatoms. The van der Waals surface area contributed by atoms with E-state index in [-0.39, 0.29) is 5.95 Å². The van der Waals surface area contributed by atoms with E-state index >= 15 is 0 Å². The van der Waals surface area contributed by atoms with Gasteiger partial charge < -0.3 is 19.9 Å². The number of hydrogen-bond donors (Lipinski definition) is 1. The lowest BCUT2D eigenvalue weighted by Crippen LogP contribution is -2.15. The summed E-state index contributed by atoms with van der Waals surface area (Å²) in [6.07, 6.45) is 2.91. The molecule has 0 rings (SSSR count). The van der Waals surface area contributed by atoms with E-state index in [9.17, 15) is 4.79 Å². The number of primary amides is 1. The number of methoxy groups -OCH3 is 2. The summed E-state index contributed by atoms with van der Waals surface area (Å²) in [7, 11) is 2.90. The van der Waals surface area contributed by atoms with Crippen LogP contribution in [0.25, 0.3) is 0 Å². The Kier molecular flexibility index (Phi) is 7.23. The number of allylic oxidation sites excluding steroid dienone is 1. The van der Waals surface area contributed by atoms with Gasteiger partial charge in [-0.1, -0.05) is 19.8 Å². The average molecular weight is 217 g/mol. The van der Waals surface area contributed by atoms with Gasteiger partial charge in [0.15, 0.2) is 5.76 Å². The van der Waals surface area contributed by atoms with Crippen LogP contribution in [-0.2, 0) is 14.2 Å². The first-order valence-electron chi connectivity index (χ1n) is 4.94. The van der Waals surface area contributed by atoms with Gasteiger partial charge in [0.05, 0.1) is 14.2 Å². The summed E-state index contributed by atoms with van der Waals surface area (Å²) in [5.41, 5.74) is 4.89. The van der Waals surface area contributed by atoms with Gasteiger partial charge in [-0.25, -0.2) is 4.79 Å². The van der Waals surface area contributed by atoms with E-state index in [0.717, 1.165) is 19.3 Å². The average Bonchev–Trinajstić information content (AvgIpc) is 2.21. The van der Waals surface area contributed by atoms with Crippen LogP contribution in [0.15, 0.2) is 11.7 Å². The highest BCUT2D eigenvalue weighted by Crippen LogP contribution is 2.15. The Morgan fingerprint density at radius 2 is 1.87 bits per heavy atom. The minimum absolute atomic E-state index is 0.0427. The number of carbonyl (C=O) groups excluding carboxylic acids is 1. The topological polar surface area (TPSA) is 70.8 Å². The van der Waals surface area contributed by atoms with Crippen molar-refractivity contribution in [3.8, 4) is 0 Å². The molecule has 0 bridgehead atoms. The summed E-state index contributed by atoms with van der Waals surface area (Å²) >= 11 is 0. The Labute approximate surface area is 90.2 Å². The number of unbranched alkanes of at least 4 members (excludes halogenated alkanes) is 2. The Balaban J connectivity index is 4.37. The quantitative estimate of drug-likeness (QED) is 0.523. The fourth-order valence-electron chi connectivity index (χ4n) is 1.13. The molecule has 0 heterocycles. The Bertz CT molecular complexity index is 225. The molecule has 0 saturated heterocycles. The second kappa shape index (κ2) is 7.96. The molecule has 0 aromatic rings. The Morgan fingerprint density at radius 1 is 1.20 bits per heavy atom. The van der Waals surface area contributed by atoms with Crippen molar-refractivity contribution in [1.29, 1.82) is 0 Å². The highest BCUT2D eigenvalue weighted by molar-refractivity contribution is 5.65. The molecule has 0 aromatic carbocycles. The molecule has 0 fully saturated rings. The standard InChI is InChI=1S/C10H19NO4/c1-4-5-6-7-8(13-2)9(14-3)15-10(11)12/h4-7H2,1-3H3,(H2,11,12). The van der Waals surface area contributed by atoms with Crippen molar-refractivity contribution in [2.75, 3.05) is 14.2 Å². The van der Waals surface area contributed by atoms with Crippen LogP contribution in [-0.4, -0.2) is 20.3 Å². The molecule has 5 nitrogen and oxygen atoms in total. The Hall–Kier alpha value is -1.39. The van der Waals surface area contributed by atoms with Crippen LogP contribution in [0.2, 0.25) is 0 Å². The van der Waals surface area contributed by atoms with Crippen molar-refractivity contribution in [2.24, 2.45) is 5.73 Å². The first kappa shape index (κ1) is 13.6. The third-order valence-corrected chi connectivity index (χ3v) is 1.86. The number of carbonyl (C=O) groups is 1. The summed E-state index contributed by atoms with van der Waals surface area (Å²) in [4.78, 5) is 10.5. The van der Waals surface area contributed by atoms with Crippen LogP contribution in [0.1, 0.15) is 32.6 Å². The molecular weight excluding hydrogens is 198 g/mol. The highest BCUT2D eigenvalue weighted by Gasteiger charge is 2.12. The van der Waals surface area contributed by atoms with E-state index in [1.54, 1.807) is 0 Å². The minimum atomic E-state index is -0.906. The van der Waals surface area contributed by atoms with Crippen LogP contribution in [0, 0.1) is 0 Å². The van der Waals surface area contributed by atoms with Gasteiger partial charge in [0.2, 0.25) is 0 Å². The van der Waals surface area contributed by atoms with Crippen LogP contribution in [0.3, 0.4) is 0 Å². The van der Waals surface area contributed by atoms with Crippen molar-refractivity contribution < 1.29 is 19.0 Å². The lowest BCUT2D eigenvalue weighted by Gasteiger charge is -2.11. The maximum atomic E-state index is 10.5. The number of nitrogens with two attached hydrogens (primary N) is 1. The second-order valence-corrected chi connectivity index (χ2v) is 3.00. The molecule has 0 aliphatic heterocycles. The molecule has 0 aromatic heterocycles. The number of ether oxygens (including phenoxy) is 3. The molecule has 88 valence electrons. The summed E-state index contributed by atoms with van der Waals surface area (Å²) in [5.74, 6) is 0.547. The van der Waals surface area contributed by atoms with Crippen molar-refractivity contribution in [3.05, 3.63) is 11.7 Å². The molecule has 0 atom stereocenters. The zero-order valence-electron chi connectivity index (χ0n) is 9.54. The summed E-state index contributed by atoms with van der Waals surface area (Å²) in [6.45, 7) is 2.10. The normalized spacial score (nSPS) is 11.7. The fraction of sp³-hybridized carbons (Fsp3) is 0.700. The van der Waals surface area contributed by atoms with Gasteiger partial charge in [-0.15, -0.1) is 0 Å². The molecule has 15 heavy (non-hydrogen) atoms. The molecule has 0 unspecified atom stereocenters. The predicted molar refractivity (Wildman–Crippen MR) is 55.9 cm³/mol. The second-order valence-electron chi connectivity index (χ2n) is 3.00. The predicted octanol–water partition coefficient (Wildman–Crippen LogP) is 2.12. The van der Waals surface area contributed by atoms with E-state index in [4.69, 9.17) is 15.2 Å². The van der Waals surface area contributed by atoms with E-state index < -0.39 is 6.09 Å². The lowest BCUT2D eigenvalue weighted by atomic mass is 10.2. The smallest absolute Gasteiger partial charge is 0.412 e. The first-order valence-corrected chi connectivity index (χ1v) is 4.94. The van der Waals surface area contributed by atoms with Gasteiger partial charge in [0, 0.05) is 6.42 Å². The molecule has 2 N–H and O–H groups in total. The van der Waals surface area contributed by atoms with E-state index in [2.05, 4.69) is 11.7 Å². The third kappa shape index (κ3) is 5.83. The summed E-state index contributed by atoms with van der Waals surface area (Å²) in [5, 5.41) is 0. The lowest BCUT2D eigenvalue weighted by molar-refractivity contribution is 0.0746. The molecule has 1 amide bonds. The van der Waals surface area contributed by atoms with Crippen LogP contribution in [0.5, 0.6) is 0 Å². The van der Waals surface area contributed by atoms with Gasteiger partial charge in [-0.3, -0.25) is 0 Å². The maximum Gasteiger partial charge on any atom is 0.412 e. The third-order valence-electron chi connectivity index (χ3n) is 1.86. The van der Waals surface area contributed by atoms with Crippen LogP contribution >= 0.6 is 0 Å². The fourth-order valence-corrected chi connectivity index (χ4v) is 1.13. The zero-order valence-corrected chi connectivity index (χ0v) is 9.54. The van der Waals surface area contributed by atoms with Crippen LogP contribution < -0.4 is 5.73 Å². The number of hydrogen-bond acceptors (Lipinski definition) is 4. The van der Waals surface area contributed by atoms with Crippen molar-refractivity contribution in [2.45, 2.75) is 32.6 Å². The van der Waals surface area contributed by atoms with Gasteiger partial charge in [-0.05, 0) is 6.42 Å². The molecule has 0 saturated carbocycles.